The number of benzene rings is 1. The highest BCUT2D eigenvalue weighted by atomic mass is 35.5. The van der Waals surface area contributed by atoms with Crippen LogP contribution in [0.15, 0.2) is 36.5 Å². The first kappa shape index (κ1) is 16.2. The number of rotatable bonds is 2. The molecule has 0 fully saturated rings. The van der Waals surface area contributed by atoms with Crippen molar-refractivity contribution in [3.8, 4) is 10.4 Å². The fourth-order valence-corrected chi connectivity index (χ4v) is 4.29. The lowest BCUT2D eigenvalue weighted by molar-refractivity contribution is 0.102. The molecule has 0 saturated carbocycles. The number of nitrogens with zero attached hydrogens (tertiary/aromatic N) is 2. The molecule has 0 atom stereocenters. The zero-order valence-electron chi connectivity index (χ0n) is 13.7. The molecule has 2 heterocycles. The van der Waals surface area contributed by atoms with Crippen molar-refractivity contribution in [2.45, 2.75) is 26.2 Å². The smallest absolute Gasteiger partial charge is 0.284 e. The molecule has 1 amide bonds. The molecule has 6 heteroatoms. The first-order valence-electron chi connectivity index (χ1n) is 8.12. The van der Waals surface area contributed by atoms with Crippen LogP contribution in [0.3, 0.4) is 0 Å². The van der Waals surface area contributed by atoms with Gasteiger partial charge in [0.05, 0.1) is 10.6 Å². The predicted octanol–water partition coefficient (Wildman–Crippen LogP) is 4.91. The second kappa shape index (κ2) is 6.58. The monoisotopic (exact) mass is 369 g/mol. The minimum Gasteiger partial charge on any atom is -0.320 e. The van der Waals surface area contributed by atoms with Gasteiger partial charge in [-0.05, 0) is 49.4 Å². The average Bonchev–Trinajstić information content (AvgIpc) is 2.93. The SMILES string of the molecule is Cc1ccc2c(c1)-c1sc(C(=O)Nc3ccnc(Cl)c3)nc1CCC2. The van der Waals surface area contributed by atoms with E-state index < -0.39 is 0 Å². The number of halogens is 1. The second-order valence-electron chi connectivity index (χ2n) is 6.13. The number of pyridine rings is 1. The van der Waals surface area contributed by atoms with Crippen molar-refractivity contribution in [1.29, 1.82) is 0 Å². The summed E-state index contributed by atoms with van der Waals surface area (Å²) < 4.78 is 0. The molecule has 1 N–H and O–H groups in total. The number of amides is 1. The van der Waals surface area contributed by atoms with Gasteiger partial charge in [-0.25, -0.2) is 9.97 Å². The Bertz CT molecular complexity index is 967. The maximum absolute atomic E-state index is 12.6. The van der Waals surface area contributed by atoms with E-state index in [1.807, 2.05) is 0 Å². The van der Waals surface area contributed by atoms with E-state index in [1.54, 1.807) is 18.3 Å². The van der Waals surface area contributed by atoms with E-state index in [0.29, 0.717) is 15.8 Å². The van der Waals surface area contributed by atoms with E-state index >= 15 is 0 Å². The molecule has 4 nitrogen and oxygen atoms in total. The van der Waals surface area contributed by atoms with E-state index in [9.17, 15) is 4.79 Å². The summed E-state index contributed by atoms with van der Waals surface area (Å²) in [5, 5.41) is 3.67. The van der Waals surface area contributed by atoms with Gasteiger partial charge in [-0.2, -0.15) is 0 Å². The predicted molar refractivity (Wildman–Crippen MR) is 102 cm³/mol. The number of aromatic nitrogens is 2. The molecule has 4 rings (SSSR count). The Kier molecular flexibility index (Phi) is 4.27. The summed E-state index contributed by atoms with van der Waals surface area (Å²) in [5.41, 5.74) is 5.41. The number of hydrogen-bond donors (Lipinski definition) is 1. The summed E-state index contributed by atoms with van der Waals surface area (Å²) in [5.74, 6) is -0.213. The van der Waals surface area contributed by atoms with E-state index in [4.69, 9.17) is 11.6 Å². The summed E-state index contributed by atoms with van der Waals surface area (Å²) >= 11 is 7.33. The third kappa shape index (κ3) is 3.30. The summed E-state index contributed by atoms with van der Waals surface area (Å²) in [7, 11) is 0. The van der Waals surface area contributed by atoms with Crippen LogP contribution >= 0.6 is 22.9 Å². The van der Waals surface area contributed by atoms with Gasteiger partial charge in [-0.3, -0.25) is 4.79 Å². The Morgan fingerprint density at radius 1 is 1.24 bits per heavy atom. The molecular weight excluding hydrogens is 354 g/mol. The Labute approximate surface area is 154 Å². The van der Waals surface area contributed by atoms with E-state index in [1.165, 1.54) is 28.0 Å². The molecule has 0 bridgehead atoms. The van der Waals surface area contributed by atoms with Gasteiger partial charge in [0.2, 0.25) is 0 Å². The van der Waals surface area contributed by atoms with Crippen molar-refractivity contribution in [3.63, 3.8) is 0 Å². The number of carbonyl (C=O) groups is 1. The molecule has 25 heavy (non-hydrogen) atoms. The minimum absolute atomic E-state index is 0.213. The van der Waals surface area contributed by atoms with Crippen LogP contribution in [-0.2, 0) is 12.8 Å². The van der Waals surface area contributed by atoms with Crippen LogP contribution in [0.5, 0.6) is 0 Å². The van der Waals surface area contributed by atoms with Crippen LogP contribution in [0.25, 0.3) is 10.4 Å². The lowest BCUT2D eigenvalue weighted by Crippen LogP contribution is -2.11. The van der Waals surface area contributed by atoms with E-state index in [-0.39, 0.29) is 5.91 Å². The van der Waals surface area contributed by atoms with Crippen molar-refractivity contribution >= 4 is 34.5 Å². The highest BCUT2D eigenvalue weighted by Crippen LogP contribution is 2.37. The van der Waals surface area contributed by atoms with Crippen molar-refractivity contribution < 1.29 is 4.79 Å². The molecule has 0 radical (unpaired) electrons. The highest BCUT2D eigenvalue weighted by Gasteiger charge is 2.22. The van der Waals surface area contributed by atoms with Crippen LogP contribution in [-0.4, -0.2) is 15.9 Å². The first-order chi connectivity index (χ1) is 12.1. The molecule has 0 saturated heterocycles. The number of anilines is 1. The van der Waals surface area contributed by atoms with Crippen LogP contribution in [0.2, 0.25) is 5.15 Å². The van der Waals surface area contributed by atoms with Crippen molar-refractivity contribution in [2.24, 2.45) is 0 Å². The molecule has 2 aromatic heterocycles. The number of fused-ring (bicyclic) bond motifs is 3. The first-order valence-corrected chi connectivity index (χ1v) is 9.32. The van der Waals surface area contributed by atoms with Crippen molar-refractivity contribution in [2.75, 3.05) is 5.32 Å². The Morgan fingerprint density at radius 2 is 2.12 bits per heavy atom. The maximum Gasteiger partial charge on any atom is 0.284 e. The van der Waals surface area contributed by atoms with Gasteiger partial charge < -0.3 is 5.32 Å². The second-order valence-corrected chi connectivity index (χ2v) is 7.52. The topological polar surface area (TPSA) is 54.9 Å². The number of nitrogens with one attached hydrogen (secondary N) is 1. The van der Waals surface area contributed by atoms with Crippen LogP contribution < -0.4 is 5.32 Å². The largest absolute Gasteiger partial charge is 0.320 e. The summed E-state index contributed by atoms with van der Waals surface area (Å²) in [6, 6.07) is 9.86. The Hall–Kier alpha value is -2.24. The zero-order valence-corrected chi connectivity index (χ0v) is 15.2. The highest BCUT2D eigenvalue weighted by molar-refractivity contribution is 7.17. The lowest BCUT2D eigenvalue weighted by Gasteiger charge is -2.06. The summed E-state index contributed by atoms with van der Waals surface area (Å²) in [4.78, 5) is 22.2. The van der Waals surface area contributed by atoms with Gasteiger partial charge in [0.1, 0.15) is 5.15 Å². The molecule has 0 unspecified atom stereocenters. The van der Waals surface area contributed by atoms with Crippen LogP contribution in [0.1, 0.15) is 33.0 Å². The number of aryl methyl sites for hydroxylation is 3. The standard InChI is InChI=1S/C19H16ClN3OS/c1-11-5-6-12-3-2-4-15-17(14(12)9-11)25-19(23-15)18(24)22-13-7-8-21-16(20)10-13/h5-10H,2-4H2,1H3,(H,21,22,24). The van der Waals surface area contributed by atoms with Gasteiger partial charge >= 0.3 is 0 Å². The molecular formula is C19H16ClN3OS. The Morgan fingerprint density at radius 3 is 2.96 bits per heavy atom. The third-order valence-electron chi connectivity index (χ3n) is 4.25. The van der Waals surface area contributed by atoms with Gasteiger partial charge in [0, 0.05) is 11.9 Å². The fourth-order valence-electron chi connectivity index (χ4n) is 3.06. The lowest BCUT2D eigenvalue weighted by atomic mass is 10.0. The van der Waals surface area contributed by atoms with Gasteiger partial charge in [0.15, 0.2) is 5.01 Å². The molecule has 1 aromatic carbocycles. The molecule has 0 spiro atoms. The number of hydrogen-bond acceptors (Lipinski definition) is 4. The maximum atomic E-state index is 12.6. The zero-order chi connectivity index (χ0) is 17.4. The number of thiazole rings is 1. The summed E-state index contributed by atoms with van der Waals surface area (Å²) in [6.45, 7) is 2.09. The molecule has 0 aliphatic heterocycles. The minimum atomic E-state index is -0.213. The van der Waals surface area contributed by atoms with Crippen LogP contribution in [0, 0.1) is 6.92 Å². The van der Waals surface area contributed by atoms with Gasteiger partial charge in [-0.1, -0.05) is 35.4 Å². The quantitative estimate of drug-likeness (QED) is 0.653. The van der Waals surface area contributed by atoms with E-state index in [0.717, 1.165) is 29.8 Å². The third-order valence-corrected chi connectivity index (χ3v) is 5.58. The van der Waals surface area contributed by atoms with Crippen molar-refractivity contribution in [1.82, 2.24) is 9.97 Å². The average molecular weight is 370 g/mol. The Balaban J connectivity index is 1.68. The molecule has 126 valence electrons. The van der Waals surface area contributed by atoms with Crippen LogP contribution in [0.4, 0.5) is 5.69 Å². The normalized spacial score (nSPS) is 12.9. The number of carbonyl (C=O) groups excluding carboxylic acids is 1. The molecule has 3 aromatic rings. The molecule has 1 aliphatic carbocycles. The van der Waals surface area contributed by atoms with E-state index in [2.05, 4.69) is 40.4 Å². The van der Waals surface area contributed by atoms with Gasteiger partial charge in [-0.15, -0.1) is 11.3 Å². The van der Waals surface area contributed by atoms with Crippen molar-refractivity contribution in [3.05, 3.63) is 63.5 Å². The summed E-state index contributed by atoms with van der Waals surface area (Å²) in [6.07, 6.45) is 4.56. The fraction of sp³-hybridized carbons (Fsp3) is 0.211. The molecule has 1 aliphatic rings. The van der Waals surface area contributed by atoms with Gasteiger partial charge in [0.25, 0.3) is 5.91 Å².